The fourth-order valence-electron chi connectivity index (χ4n) is 2.73. The number of aromatic nitrogens is 2. The minimum atomic E-state index is -0.141. The van der Waals surface area contributed by atoms with E-state index in [-0.39, 0.29) is 5.82 Å². The molecule has 0 amide bonds. The Hall–Kier alpha value is -2.36. The van der Waals surface area contributed by atoms with E-state index in [9.17, 15) is 4.39 Å². The van der Waals surface area contributed by atoms with Crippen LogP contribution in [0.3, 0.4) is 0 Å². The van der Waals surface area contributed by atoms with Crippen molar-refractivity contribution >= 4 is 17.0 Å². The second kappa shape index (κ2) is 4.88. The largest absolute Gasteiger partial charge is 0.369 e. The van der Waals surface area contributed by atoms with Gasteiger partial charge in [0.2, 0.25) is 5.95 Å². The van der Waals surface area contributed by atoms with E-state index in [1.807, 2.05) is 41.8 Å². The Balaban J connectivity index is 2.08. The van der Waals surface area contributed by atoms with Crippen LogP contribution >= 0.6 is 0 Å². The molecule has 0 saturated heterocycles. The molecule has 0 unspecified atom stereocenters. The molecule has 0 aliphatic heterocycles. The van der Waals surface area contributed by atoms with Gasteiger partial charge in [0.05, 0.1) is 17.6 Å². The van der Waals surface area contributed by atoms with Crippen LogP contribution in [0.2, 0.25) is 0 Å². The van der Waals surface area contributed by atoms with E-state index in [0.29, 0.717) is 23.6 Å². The van der Waals surface area contributed by atoms with Crippen LogP contribution in [0.15, 0.2) is 30.3 Å². The third kappa shape index (κ3) is 2.37. The van der Waals surface area contributed by atoms with Crippen LogP contribution in [-0.2, 0) is 6.54 Å². The van der Waals surface area contributed by atoms with E-state index >= 15 is 0 Å². The van der Waals surface area contributed by atoms with Crippen LogP contribution in [-0.4, -0.2) is 9.55 Å². The summed E-state index contributed by atoms with van der Waals surface area (Å²) in [5.41, 5.74) is 11.4. The third-order valence-electron chi connectivity index (χ3n) is 3.77. The molecule has 3 aromatic rings. The number of hydrogen-bond donors (Lipinski definition) is 1. The zero-order chi connectivity index (χ0) is 15.1. The maximum atomic E-state index is 13.7. The van der Waals surface area contributed by atoms with Crippen LogP contribution in [0.25, 0.3) is 11.0 Å². The quantitative estimate of drug-likeness (QED) is 0.778. The lowest BCUT2D eigenvalue weighted by Gasteiger charge is -2.10. The molecule has 0 spiro atoms. The van der Waals surface area contributed by atoms with Gasteiger partial charge in [0.25, 0.3) is 0 Å². The normalized spacial score (nSPS) is 11.2. The van der Waals surface area contributed by atoms with Gasteiger partial charge in [-0.25, -0.2) is 9.37 Å². The molecule has 1 aromatic heterocycles. The van der Waals surface area contributed by atoms with Crippen LogP contribution in [0.1, 0.15) is 22.3 Å². The maximum absolute atomic E-state index is 13.7. The van der Waals surface area contributed by atoms with Crippen molar-refractivity contribution < 1.29 is 4.39 Å². The second-order valence-corrected chi connectivity index (χ2v) is 5.59. The Morgan fingerprint density at radius 3 is 2.43 bits per heavy atom. The highest BCUT2D eigenvalue weighted by atomic mass is 19.1. The molecular weight excluding hydrogens is 265 g/mol. The Labute approximate surface area is 123 Å². The van der Waals surface area contributed by atoms with Gasteiger partial charge in [-0.3, -0.25) is 0 Å². The highest BCUT2D eigenvalue weighted by molar-refractivity contribution is 5.79. The molecule has 0 bridgehead atoms. The first-order chi connectivity index (χ1) is 9.95. The fourth-order valence-corrected chi connectivity index (χ4v) is 2.73. The van der Waals surface area contributed by atoms with Crippen molar-refractivity contribution in [2.24, 2.45) is 0 Å². The third-order valence-corrected chi connectivity index (χ3v) is 3.77. The van der Waals surface area contributed by atoms with Gasteiger partial charge in [-0.1, -0.05) is 18.2 Å². The molecule has 0 aliphatic rings. The SMILES string of the molecule is Cc1ccc2c(c1)nc(N)n2Cc1cc(C)c(F)c(C)c1. The standard InChI is InChI=1S/C17H18FN3/c1-10-4-5-15-14(6-10)20-17(19)21(15)9-13-7-11(2)16(18)12(3)8-13/h4-8H,9H2,1-3H3,(H2,19,20). The predicted molar refractivity (Wildman–Crippen MR) is 83.9 cm³/mol. The Morgan fingerprint density at radius 1 is 1.10 bits per heavy atom. The van der Waals surface area contributed by atoms with E-state index in [2.05, 4.69) is 4.98 Å². The van der Waals surface area contributed by atoms with Crippen molar-refractivity contribution in [2.75, 3.05) is 5.73 Å². The molecule has 2 N–H and O–H groups in total. The highest BCUT2D eigenvalue weighted by Crippen LogP contribution is 2.22. The molecule has 0 saturated carbocycles. The van der Waals surface area contributed by atoms with E-state index in [4.69, 9.17) is 5.73 Å². The Bertz CT molecular complexity index is 810. The molecule has 1 heterocycles. The summed E-state index contributed by atoms with van der Waals surface area (Å²) >= 11 is 0. The molecule has 3 nitrogen and oxygen atoms in total. The number of fused-ring (bicyclic) bond motifs is 1. The molecule has 2 aromatic carbocycles. The predicted octanol–water partition coefficient (Wildman–Crippen LogP) is 3.73. The topological polar surface area (TPSA) is 43.8 Å². The number of nitrogens with zero attached hydrogens (tertiary/aromatic N) is 2. The lowest BCUT2D eigenvalue weighted by Crippen LogP contribution is -2.05. The number of nitrogens with two attached hydrogens (primary N) is 1. The van der Waals surface area contributed by atoms with Crippen molar-refractivity contribution in [1.82, 2.24) is 9.55 Å². The summed E-state index contributed by atoms with van der Waals surface area (Å²) < 4.78 is 15.7. The van der Waals surface area contributed by atoms with Gasteiger partial charge in [-0.05, 0) is 55.2 Å². The number of imidazole rings is 1. The molecule has 0 radical (unpaired) electrons. The molecule has 21 heavy (non-hydrogen) atoms. The number of halogens is 1. The average Bonchev–Trinajstić information content (AvgIpc) is 2.71. The lowest BCUT2D eigenvalue weighted by molar-refractivity contribution is 0.607. The average molecular weight is 283 g/mol. The van der Waals surface area contributed by atoms with E-state index in [1.165, 1.54) is 0 Å². The molecule has 0 fully saturated rings. The summed E-state index contributed by atoms with van der Waals surface area (Å²) in [6.07, 6.45) is 0. The fraction of sp³-hybridized carbons (Fsp3) is 0.235. The molecule has 3 rings (SSSR count). The van der Waals surface area contributed by atoms with Gasteiger partial charge >= 0.3 is 0 Å². The summed E-state index contributed by atoms with van der Waals surface area (Å²) in [5.74, 6) is 0.341. The van der Waals surface area contributed by atoms with Crippen LogP contribution in [0.5, 0.6) is 0 Å². The van der Waals surface area contributed by atoms with Crippen molar-refractivity contribution in [1.29, 1.82) is 0 Å². The number of anilines is 1. The summed E-state index contributed by atoms with van der Waals surface area (Å²) in [6.45, 7) is 6.18. The zero-order valence-corrected chi connectivity index (χ0v) is 12.4. The molecule has 108 valence electrons. The summed E-state index contributed by atoms with van der Waals surface area (Å²) in [7, 11) is 0. The number of benzene rings is 2. The van der Waals surface area contributed by atoms with Crippen LogP contribution < -0.4 is 5.73 Å². The summed E-state index contributed by atoms with van der Waals surface area (Å²) in [5, 5.41) is 0. The smallest absolute Gasteiger partial charge is 0.201 e. The lowest BCUT2D eigenvalue weighted by atomic mass is 10.1. The highest BCUT2D eigenvalue weighted by Gasteiger charge is 2.10. The first kappa shape index (κ1) is 13.6. The number of hydrogen-bond acceptors (Lipinski definition) is 2. The first-order valence-corrected chi connectivity index (χ1v) is 6.93. The second-order valence-electron chi connectivity index (χ2n) is 5.59. The monoisotopic (exact) mass is 283 g/mol. The molecular formula is C17H18FN3. The zero-order valence-electron chi connectivity index (χ0n) is 12.4. The summed E-state index contributed by atoms with van der Waals surface area (Å²) in [6, 6.07) is 9.81. The van der Waals surface area contributed by atoms with Gasteiger partial charge in [0, 0.05) is 0 Å². The minimum absolute atomic E-state index is 0.141. The van der Waals surface area contributed by atoms with Gasteiger partial charge in [0.15, 0.2) is 0 Å². The van der Waals surface area contributed by atoms with Crippen molar-refractivity contribution in [3.8, 4) is 0 Å². The molecule has 0 aliphatic carbocycles. The van der Waals surface area contributed by atoms with Gasteiger partial charge < -0.3 is 10.3 Å². The number of aryl methyl sites for hydroxylation is 3. The van der Waals surface area contributed by atoms with Gasteiger partial charge in [-0.2, -0.15) is 0 Å². The Kier molecular flexibility index (Phi) is 3.16. The summed E-state index contributed by atoms with van der Waals surface area (Å²) in [4.78, 5) is 4.40. The first-order valence-electron chi connectivity index (χ1n) is 6.93. The van der Waals surface area contributed by atoms with E-state index < -0.39 is 0 Å². The van der Waals surface area contributed by atoms with Crippen LogP contribution in [0.4, 0.5) is 10.3 Å². The van der Waals surface area contributed by atoms with Gasteiger partial charge in [-0.15, -0.1) is 0 Å². The molecule has 4 heteroatoms. The number of nitrogen functional groups attached to an aromatic ring is 1. The van der Waals surface area contributed by atoms with E-state index in [1.54, 1.807) is 13.8 Å². The Morgan fingerprint density at radius 2 is 1.76 bits per heavy atom. The number of rotatable bonds is 2. The van der Waals surface area contributed by atoms with Crippen LogP contribution in [0, 0.1) is 26.6 Å². The van der Waals surface area contributed by atoms with Crippen molar-refractivity contribution in [3.63, 3.8) is 0 Å². The molecule has 0 atom stereocenters. The minimum Gasteiger partial charge on any atom is -0.369 e. The van der Waals surface area contributed by atoms with E-state index in [0.717, 1.165) is 22.2 Å². The van der Waals surface area contributed by atoms with Gasteiger partial charge in [0.1, 0.15) is 5.82 Å². The van der Waals surface area contributed by atoms with Crippen molar-refractivity contribution in [2.45, 2.75) is 27.3 Å². The van der Waals surface area contributed by atoms with Crippen molar-refractivity contribution in [3.05, 3.63) is 58.4 Å². The maximum Gasteiger partial charge on any atom is 0.201 e.